The smallest absolute Gasteiger partial charge is 0.137 e. The Morgan fingerprint density at radius 2 is 2.42 bits per heavy atom. The number of hydrogen-bond donors (Lipinski definition) is 1. The number of rotatable bonds is 5. The minimum absolute atomic E-state index is 0.341. The summed E-state index contributed by atoms with van der Waals surface area (Å²) in [6.45, 7) is 3.04. The fourth-order valence-corrected chi connectivity index (χ4v) is 1.07. The molecule has 1 heterocycles. The Kier molecular flexibility index (Phi) is 3.73. The van der Waals surface area contributed by atoms with Crippen molar-refractivity contribution < 1.29 is 0 Å². The van der Waals surface area contributed by atoms with Crippen LogP contribution in [0.3, 0.4) is 0 Å². The molecule has 0 fully saturated rings. The molecular weight excluding hydrogens is 152 g/mol. The van der Waals surface area contributed by atoms with Crippen LogP contribution in [0.25, 0.3) is 0 Å². The Labute approximate surface area is 72.8 Å². The normalized spacial score (nSPS) is 13.2. The number of aryl methyl sites for hydroxylation is 1. The van der Waals surface area contributed by atoms with Gasteiger partial charge >= 0.3 is 0 Å². The molecule has 4 heteroatoms. The summed E-state index contributed by atoms with van der Waals surface area (Å²) in [5.41, 5.74) is 5.77. The average molecular weight is 168 g/mol. The van der Waals surface area contributed by atoms with Crippen molar-refractivity contribution in [2.24, 2.45) is 5.73 Å². The Hall–Kier alpha value is -0.900. The molecule has 0 aliphatic carbocycles. The van der Waals surface area contributed by atoms with Crippen LogP contribution in [0, 0.1) is 0 Å². The maximum absolute atomic E-state index is 5.77. The van der Waals surface area contributed by atoms with Crippen molar-refractivity contribution in [3.8, 4) is 0 Å². The van der Waals surface area contributed by atoms with E-state index in [0.29, 0.717) is 6.04 Å². The zero-order chi connectivity index (χ0) is 8.81. The summed E-state index contributed by atoms with van der Waals surface area (Å²) >= 11 is 0. The van der Waals surface area contributed by atoms with Gasteiger partial charge < -0.3 is 5.73 Å². The topological polar surface area (TPSA) is 56.7 Å². The van der Waals surface area contributed by atoms with E-state index in [1.54, 1.807) is 12.7 Å². The molecule has 0 saturated heterocycles. The molecule has 0 amide bonds. The van der Waals surface area contributed by atoms with Gasteiger partial charge in [0.1, 0.15) is 12.7 Å². The summed E-state index contributed by atoms with van der Waals surface area (Å²) in [5, 5.41) is 4.00. The highest BCUT2D eigenvalue weighted by Crippen LogP contribution is 1.99. The van der Waals surface area contributed by atoms with Crippen LogP contribution in [0.2, 0.25) is 0 Å². The lowest BCUT2D eigenvalue weighted by Gasteiger charge is -2.07. The molecule has 68 valence electrons. The molecule has 0 aliphatic heterocycles. The van der Waals surface area contributed by atoms with E-state index in [1.807, 2.05) is 4.68 Å². The van der Waals surface area contributed by atoms with Crippen molar-refractivity contribution in [2.75, 3.05) is 0 Å². The van der Waals surface area contributed by atoms with Crippen LogP contribution >= 0.6 is 0 Å². The third-order valence-electron chi connectivity index (χ3n) is 1.95. The molecule has 1 atom stereocenters. The third kappa shape index (κ3) is 3.00. The first-order chi connectivity index (χ1) is 5.83. The molecule has 2 N–H and O–H groups in total. The Balaban J connectivity index is 2.11. The minimum atomic E-state index is 0.341. The standard InChI is InChI=1S/C8H16N4/c1-2-8(9)4-3-5-12-7-10-6-11-12/h6-8H,2-5,9H2,1H3. The predicted molar refractivity (Wildman–Crippen MR) is 47.5 cm³/mol. The van der Waals surface area contributed by atoms with E-state index < -0.39 is 0 Å². The van der Waals surface area contributed by atoms with Crippen molar-refractivity contribution in [2.45, 2.75) is 38.8 Å². The quantitative estimate of drug-likeness (QED) is 0.707. The zero-order valence-corrected chi connectivity index (χ0v) is 7.48. The molecule has 1 aromatic rings. The molecule has 0 spiro atoms. The van der Waals surface area contributed by atoms with E-state index in [-0.39, 0.29) is 0 Å². The fraction of sp³-hybridized carbons (Fsp3) is 0.750. The second kappa shape index (κ2) is 4.87. The van der Waals surface area contributed by atoms with E-state index in [1.165, 1.54) is 0 Å². The van der Waals surface area contributed by atoms with Gasteiger partial charge in [-0.1, -0.05) is 6.92 Å². The second-order valence-electron chi connectivity index (χ2n) is 2.97. The molecule has 0 saturated carbocycles. The molecule has 1 aromatic heterocycles. The summed E-state index contributed by atoms with van der Waals surface area (Å²) < 4.78 is 1.84. The molecule has 4 nitrogen and oxygen atoms in total. The van der Waals surface area contributed by atoms with Gasteiger partial charge in [-0.25, -0.2) is 4.98 Å². The van der Waals surface area contributed by atoms with E-state index in [2.05, 4.69) is 17.0 Å². The van der Waals surface area contributed by atoms with Crippen LogP contribution < -0.4 is 5.73 Å². The molecule has 0 bridgehead atoms. The van der Waals surface area contributed by atoms with Gasteiger partial charge in [0.05, 0.1) is 0 Å². The van der Waals surface area contributed by atoms with E-state index in [0.717, 1.165) is 25.8 Å². The SMILES string of the molecule is CCC(N)CCCn1cncn1. The highest BCUT2D eigenvalue weighted by molar-refractivity contribution is 4.60. The summed E-state index contributed by atoms with van der Waals surface area (Å²) in [6.07, 6.45) is 6.49. The molecule has 0 radical (unpaired) electrons. The highest BCUT2D eigenvalue weighted by Gasteiger charge is 1.98. The van der Waals surface area contributed by atoms with Crippen LogP contribution in [0.1, 0.15) is 26.2 Å². The Bertz CT molecular complexity index is 195. The zero-order valence-electron chi connectivity index (χ0n) is 7.48. The molecule has 0 aliphatic rings. The van der Waals surface area contributed by atoms with Crippen molar-refractivity contribution in [3.05, 3.63) is 12.7 Å². The number of nitrogens with zero attached hydrogens (tertiary/aromatic N) is 3. The number of hydrogen-bond acceptors (Lipinski definition) is 3. The average Bonchev–Trinajstić information content (AvgIpc) is 2.57. The van der Waals surface area contributed by atoms with Gasteiger partial charge in [0.25, 0.3) is 0 Å². The first kappa shape index (κ1) is 9.19. The Morgan fingerprint density at radius 3 is 3.00 bits per heavy atom. The van der Waals surface area contributed by atoms with Crippen LogP contribution in [-0.2, 0) is 6.54 Å². The van der Waals surface area contributed by atoms with Gasteiger partial charge in [0.2, 0.25) is 0 Å². The third-order valence-corrected chi connectivity index (χ3v) is 1.95. The monoisotopic (exact) mass is 168 g/mol. The van der Waals surface area contributed by atoms with Crippen molar-refractivity contribution in [1.29, 1.82) is 0 Å². The number of aromatic nitrogens is 3. The molecule has 1 unspecified atom stereocenters. The lowest BCUT2D eigenvalue weighted by Crippen LogP contribution is -2.18. The van der Waals surface area contributed by atoms with Crippen molar-refractivity contribution >= 4 is 0 Å². The van der Waals surface area contributed by atoms with Gasteiger partial charge in [-0.2, -0.15) is 5.10 Å². The van der Waals surface area contributed by atoms with Crippen molar-refractivity contribution in [3.63, 3.8) is 0 Å². The fourth-order valence-electron chi connectivity index (χ4n) is 1.07. The largest absolute Gasteiger partial charge is 0.328 e. The van der Waals surface area contributed by atoms with Gasteiger partial charge in [0, 0.05) is 12.6 Å². The maximum atomic E-state index is 5.77. The maximum Gasteiger partial charge on any atom is 0.137 e. The lowest BCUT2D eigenvalue weighted by molar-refractivity contribution is 0.501. The van der Waals surface area contributed by atoms with Gasteiger partial charge in [-0.15, -0.1) is 0 Å². The van der Waals surface area contributed by atoms with Crippen LogP contribution in [0.15, 0.2) is 12.7 Å². The lowest BCUT2D eigenvalue weighted by atomic mass is 10.1. The Morgan fingerprint density at radius 1 is 1.58 bits per heavy atom. The van der Waals surface area contributed by atoms with E-state index >= 15 is 0 Å². The molecule has 12 heavy (non-hydrogen) atoms. The summed E-state index contributed by atoms with van der Waals surface area (Å²) in [6, 6.07) is 0.341. The highest BCUT2D eigenvalue weighted by atomic mass is 15.3. The van der Waals surface area contributed by atoms with E-state index in [9.17, 15) is 0 Å². The summed E-state index contributed by atoms with van der Waals surface area (Å²) in [7, 11) is 0. The first-order valence-electron chi connectivity index (χ1n) is 4.41. The summed E-state index contributed by atoms with van der Waals surface area (Å²) in [4.78, 5) is 3.86. The molecular formula is C8H16N4. The van der Waals surface area contributed by atoms with Crippen molar-refractivity contribution in [1.82, 2.24) is 14.8 Å². The molecule has 1 rings (SSSR count). The van der Waals surface area contributed by atoms with Gasteiger partial charge in [-0.3, -0.25) is 4.68 Å². The predicted octanol–water partition coefficient (Wildman–Crippen LogP) is 0.796. The van der Waals surface area contributed by atoms with Gasteiger partial charge in [-0.05, 0) is 19.3 Å². The number of nitrogens with two attached hydrogens (primary N) is 1. The van der Waals surface area contributed by atoms with Crippen LogP contribution in [0.5, 0.6) is 0 Å². The van der Waals surface area contributed by atoms with E-state index in [4.69, 9.17) is 5.73 Å². The molecule has 0 aromatic carbocycles. The minimum Gasteiger partial charge on any atom is -0.328 e. The van der Waals surface area contributed by atoms with Crippen LogP contribution in [0.4, 0.5) is 0 Å². The van der Waals surface area contributed by atoms with Gasteiger partial charge in [0.15, 0.2) is 0 Å². The first-order valence-corrected chi connectivity index (χ1v) is 4.41. The van der Waals surface area contributed by atoms with Crippen LogP contribution in [-0.4, -0.2) is 20.8 Å². The second-order valence-corrected chi connectivity index (χ2v) is 2.97. The summed E-state index contributed by atoms with van der Waals surface area (Å²) in [5.74, 6) is 0.